The van der Waals surface area contributed by atoms with Gasteiger partial charge in [0.25, 0.3) is 5.56 Å². The van der Waals surface area contributed by atoms with Crippen molar-refractivity contribution < 1.29 is 4.79 Å². The van der Waals surface area contributed by atoms with E-state index in [0.717, 1.165) is 34.2 Å². The largest absolute Gasteiger partial charge is 0.323 e. The first-order valence-electron chi connectivity index (χ1n) is 7.32. The van der Waals surface area contributed by atoms with Crippen LogP contribution in [0.5, 0.6) is 0 Å². The van der Waals surface area contributed by atoms with Gasteiger partial charge in [0.15, 0.2) is 4.77 Å². The Morgan fingerprint density at radius 3 is 2.81 bits per heavy atom. The number of fused-ring (bicyclic) bond motifs is 3. The molecule has 0 atom stereocenters. The number of aromatic amines is 1. The van der Waals surface area contributed by atoms with E-state index in [1.807, 2.05) is 13.8 Å². The summed E-state index contributed by atoms with van der Waals surface area (Å²) in [5, 5.41) is 0.681. The van der Waals surface area contributed by atoms with E-state index in [-0.39, 0.29) is 22.2 Å². The molecular weight excluding hydrogens is 304 g/mol. The van der Waals surface area contributed by atoms with Crippen molar-refractivity contribution in [3.8, 4) is 0 Å². The monoisotopic (exact) mass is 322 g/mol. The molecule has 6 heteroatoms. The lowest BCUT2D eigenvalue weighted by molar-refractivity contribution is 0.0880. The van der Waals surface area contributed by atoms with E-state index in [1.54, 1.807) is 11.3 Å². The Morgan fingerprint density at radius 2 is 2.10 bits per heavy atom. The SMILES string of the molecule is CC(C)CC(=O)n1c(=S)[nH]c2sc3c(c2c1=O)CCCC3. The Labute approximate surface area is 131 Å². The molecular formula is C15H18N2O2S2. The molecule has 0 aromatic carbocycles. The zero-order chi connectivity index (χ0) is 15.1. The molecule has 3 rings (SSSR count). The molecule has 0 radical (unpaired) electrons. The predicted molar refractivity (Wildman–Crippen MR) is 88.0 cm³/mol. The first kappa shape index (κ1) is 14.7. The van der Waals surface area contributed by atoms with Gasteiger partial charge < -0.3 is 4.98 Å². The van der Waals surface area contributed by atoms with Crippen LogP contribution in [0.4, 0.5) is 0 Å². The molecule has 1 N–H and O–H groups in total. The summed E-state index contributed by atoms with van der Waals surface area (Å²) >= 11 is 6.85. The summed E-state index contributed by atoms with van der Waals surface area (Å²) < 4.78 is 1.37. The third-order valence-electron chi connectivity index (χ3n) is 3.84. The Balaban J connectivity index is 2.25. The first-order valence-corrected chi connectivity index (χ1v) is 8.54. The molecule has 0 saturated heterocycles. The number of nitrogens with zero attached hydrogens (tertiary/aromatic N) is 1. The average Bonchev–Trinajstić information content (AvgIpc) is 2.75. The van der Waals surface area contributed by atoms with Gasteiger partial charge in [0.1, 0.15) is 4.83 Å². The van der Waals surface area contributed by atoms with Crippen molar-refractivity contribution in [2.75, 3.05) is 0 Å². The van der Waals surface area contributed by atoms with Gasteiger partial charge in [-0.05, 0) is 49.4 Å². The van der Waals surface area contributed by atoms with Crippen molar-refractivity contribution in [1.29, 1.82) is 0 Å². The number of carbonyl (C=O) groups excluding carboxylic acids is 1. The van der Waals surface area contributed by atoms with Gasteiger partial charge in [-0.3, -0.25) is 9.59 Å². The van der Waals surface area contributed by atoms with Gasteiger partial charge in [0.05, 0.1) is 5.39 Å². The number of thiophene rings is 1. The van der Waals surface area contributed by atoms with E-state index in [4.69, 9.17) is 12.2 Å². The lowest BCUT2D eigenvalue weighted by Crippen LogP contribution is -2.29. The summed E-state index contributed by atoms with van der Waals surface area (Å²) in [4.78, 5) is 30.3. The number of nitrogens with one attached hydrogen (secondary N) is 1. The van der Waals surface area contributed by atoms with Crippen LogP contribution in [-0.2, 0) is 12.8 Å². The highest BCUT2D eigenvalue weighted by atomic mass is 32.1. The number of hydrogen-bond donors (Lipinski definition) is 1. The fourth-order valence-corrected chi connectivity index (χ4v) is 4.54. The summed E-state index contributed by atoms with van der Waals surface area (Å²) in [6.45, 7) is 3.92. The van der Waals surface area contributed by atoms with Crippen molar-refractivity contribution in [1.82, 2.24) is 9.55 Å². The van der Waals surface area contributed by atoms with Crippen molar-refractivity contribution in [2.45, 2.75) is 46.0 Å². The quantitative estimate of drug-likeness (QED) is 0.858. The maximum absolute atomic E-state index is 12.8. The van der Waals surface area contributed by atoms with E-state index < -0.39 is 0 Å². The fourth-order valence-electron chi connectivity index (χ4n) is 2.90. The van der Waals surface area contributed by atoms with Gasteiger partial charge in [-0.25, -0.2) is 4.57 Å². The van der Waals surface area contributed by atoms with Crippen LogP contribution in [0, 0.1) is 10.7 Å². The molecule has 0 fully saturated rings. The minimum atomic E-state index is -0.237. The topological polar surface area (TPSA) is 54.9 Å². The minimum Gasteiger partial charge on any atom is -0.323 e. The van der Waals surface area contributed by atoms with Crippen molar-refractivity contribution in [3.05, 3.63) is 25.6 Å². The second kappa shape index (κ2) is 5.50. The van der Waals surface area contributed by atoms with Crippen LogP contribution >= 0.6 is 23.6 Å². The lowest BCUT2D eigenvalue weighted by Gasteiger charge is -2.11. The van der Waals surface area contributed by atoms with E-state index in [2.05, 4.69) is 4.98 Å². The molecule has 1 aliphatic rings. The van der Waals surface area contributed by atoms with E-state index >= 15 is 0 Å². The standard InChI is InChI=1S/C15H18N2O2S2/c1-8(2)7-11(18)17-14(19)12-9-5-3-4-6-10(9)21-13(12)16-15(17)20/h8H,3-7H2,1-2H3,(H,16,20). The average molecular weight is 322 g/mol. The third-order valence-corrected chi connectivity index (χ3v) is 5.34. The predicted octanol–water partition coefficient (Wildman–Crippen LogP) is 3.69. The van der Waals surface area contributed by atoms with Gasteiger partial charge >= 0.3 is 0 Å². The number of carbonyl (C=O) groups is 1. The molecule has 21 heavy (non-hydrogen) atoms. The van der Waals surface area contributed by atoms with Gasteiger partial charge in [-0.2, -0.15) is 0 Å². The third kappa shape index (κ3) is 2.51. The molecule has 2 aromatic rings. The summed E-state index contributed by atoms with van der Waals surface area (Å²) in [7, 11) is 0. The Kier molecular flexibility index (Phi) is 3.84. The van der Waals surface area contributed by atoms with Crippen molar-refractivity contribution >= 4 is 39.7 Å². The number of aryl methyl sites for hydroxylation is 2. The fraction of sp³-hybridized carbons (Fsp3) is 0.533. The molecule has 0 aliphatic heterocycles. The molecule has 2 heterocycles. The number of aromatic nitrogens is 2. The molecule has 0 unspecified atom stereocenters. The molecule has 0 amide bonds. The minimum absolute atomic E-state index is 0.200. The molecule has 0 saturated carbocycles. The van der Waals surface area contributed by atoms with Gasteiger partial charge in [0.2, 0.25) is 5.91 Å². The van der Waals surface area contributed by atoms with Crippen LogP contribution in [-0.4, -0.2) is 15.5 Å². The second-order valence-electron chi connectivity index (χ2n) is 5.98. The van der Waals surface area contributed by atoms with Crippen molar-refractivity contribution in [3.63, 3.8) is 0 Å². The molecule has 0 spiro atoms. The zero-order valence-corrected chi connectivity index (χ0v) is 13.8. The molecule has 112 valence electrons. The van der Waals surface area contributed by atoms with Crippen LogP contribution < -0.4 is 5.56 Å². The Hall–Kier alpha value is -1.27. The Morgan fingerprint density at radius 1 is 1.38 bits per heavy atom. The molecule has 1 aliphatic carbocycles. The second-order valence-corrected chi connectivity index (χ2v) is 7.47. The van der Waals surface area contributed by atoms with Crippen molar-refractivity contribution in [2.24, 2.45) is 5.92 Å². The highest BCUT2D eigenvalue weighted by molar-refractivity contribution is 7.71. The van der Waals surface area contributed by atoms with Crippen LogP contribution in [0.2, 0.25) is 0 Å². The maximum atomic E-state index is 12.8. The smallest absolute Gasteiger partial charge is 0.270 e. The lowest BCUT2D eigenvalue weighted by atomic mass is 9.97. The van der Waals surface area contributed by atoms with Crippen LogP contribution in [0.15, 0.2) is 4.79 Å². The zero-order valence-electron chi connectivity index (χ0n) is 12.2. The molecule has 4 nitrogen and oxygen atoms in total. The summed E-state index contributed by atoms with van der Waals surface area (Å²) in [6, 6.07) is 0. The van der Waals surface area contributed by atoms with Gasteiger partial charge in [-0.15, -0.1) is 11.3 Å². The summed E-state index contributed by atoms with van der Waals surface area (Å²) in [5.41, 5.74) is 0.891. The normalized spacial score (nSPS) is 14.6. The van der Waals surface area contributed by atoms with Gasteiger partial charge in [-0.1, -0.05) is 13.8 Å². The number of hydrogen-bond acceptors (Lipinski definition) is 4. The van der Waals surface area contributed by atoms with E-state index in [9.17, 15) is 9.59 Å². The molecule has 0 bridgehead atoms. The Bertz CT molecular complexity index is 827. The van der Waals surface area contributed by atoms with E-state index in [1.165, 1.54) is 11.3 Å². The highest BCUT2D eigenvalue weighted by Crippen LogP contribution is 2.33. The van der Waals surface area contributed by atoms with E-state index in [0.29, 0.717) is 11.8 Å². The maximum Gasteiger partial charge on any atom is 0.270 e. The van der Waals surface area contributed by atoms with Crippen LogP contribution in [0.1, 0.15) is 48.3 Å². The first-order chi connectivity index (χ1) is 9.99. The molecule has 2 aromatic heterocycles. The summed E-state index contributed by atoms with van der Waals surface area (Å²) in [6.07, 6.45) is 4.55. The highest BCUT2D eigenvalue weighted by Gasteiger charge is 2.22. The van der Waals surface area contributed by atoms with Crippen LogP contribution in [0.25, 0.3) is 10.2 Å². The number of H-pyrrole nitrogens is 1. The van der Waals surface area contributed by atoms with Gasteiger partial charge in [0, 0.05) is 11.3 Å². The number of rotatable bonds is 2. The van der Waals surface area contributed by atoms with Crippen LogP contribution in [0.3, 0.4) is 0 Å². The summed E-state index contributed by atoms with van der Waals surface area (Å²) in [5.74, 6) is -0.0141.